The zero-order chi connectivity index (χ0) is 12.7. The minimum Gasteiger partial charge on any atom is -0.507 e. The molecular weight excluding hydrogens is 220 g/mol. The van der Waals surface area contributed by atoms with Crippen molar-refractivity contribution >= 4 is 11.6 Å². The summed E-state index contributed by atoms with van der Waals surface area (Å²) in [5.41, 5.74) is 5.33. The molecule has 2 heteroatoms. The number of alkyl halides is 1. The van der Waals surface area contributed by atoms with Gasteiger partial charge in [0.2, 0.25) is 0 Å². The van der Waals surface area contributed by atoms with E-state index in [1.807, 2.05) is 6.92 Å². The Hall–Kier alpha value is -0.690. The van der Waals surface area contributed by atoms with Gasteiger partial charge >= 0.3 is 0 Å². The number of benzene rings is 1. The molecule has 0 aliphatic heterocycles. The van der Waals surface area contributed by atoms with Gasteiger partial charge in [-0.2, -0.15) is 0 Å². The Kier molecular flexibility index (Phi) is 3.59. The van der Waals surface area contributed by atoms with Gasteiger partial charge in [-0.1, -0.05) is 20.8 Å². The summed E-state index contributed by atoms with van der Waals surface area (Å²) in [5, 5.41) is 10.3. The largest absolute Gasteiger partial charge is 0.507 e. The molecule has 0 spiro atoms. The topological polar surface area (TPSA) is 20.2 Å². The first kappa shape index (κ1) is 13.4. The highest BCUT2D eigenvalue weighted by Gasteiger charge is 2.25. The number of halogens is 1. The van der Waals surface area contributed by atoms with Crippen molar-refractivity contribution < 1.29 is 5.11 Å². The second kappa shape index (κ2) is 4.29. The van der Waals surface area contributed by atoms with Gasteiger partial charge in [-0.3, -0.25) is 0 Å². The number of phenolic OH excluding ortho intramolecular Hbond substituents is 1. The van der Waals surface area contributed by atoms with E-state index in [9.17, 15) is 5.11 Å². The summed E-state index contributed by atoms with van der Waals surface area (Å²) >= 11 is 5.94. The summed E-state index contributed by atoms with van der Waals surface area (Å²) in [4.78, 5) is 0. The standard InChI is InChI=1S/C14H21ClO/c1-8-9(2)12(14(4,5)6)13(16)10(3)11(8)7-15/h16H,7H2,1-6H3. The Bertz CT molecular complexity index is 385. The highest BCUT2D eigenvalue weighted by atomic mass is 35.5. The zero-order valence-corrected chi connectivity index (χ0v) is 11.8. The van der Waals surface area contributed by atoms with Gasteiger partial charge in [0, 0.05) is 11.4 Å². The fourth-order valence-electron chi connectivity index (χ4n) is 2.32. The van der Waals surface area contributed by atoms with Gasteiger partial charge in [0.25, 0.3) is 0 Å². The number of hydrogen-bond acceptors (Lipinski definition) is 1. The van der Waals surface area contributed by atoms with E-state index in [2.05, 4.69) is 34.6 Å². The second-order valence-electron chi connectivity index (χ2n) is 5.46. The van der Waals surface area contributed by atoms with Gasteiger partial charge in [-0.05, 0) is 48.4 Å². The van der Waals surface area contributed by atoms with E-state index in [0.29, 0.717) is 11.6 Å². The molecule has 0 amide bonds. The third-order valence-electron chi connectivity index (χ3n) is 3.32. The second-order valence-corrected chi connectivity index (χ2v) is 5.73. The summed E-state index contributed by atoms with van der Waals surface area (Å²) in [6, 6.07) is 0. The zero-order valence-electron chi connectivity index (χ0n) is 11.0. The van der Waals surface area contributed by atoms with Crippen molar-refractivity contribution in [2.45, 2.75) is 52.8 Å². The van der Waals surface area contributed by atoms with Crippen LogP contribution in [0.4, 0.5) is 0 Å². The van der Waals surface area contributed by atoms with E-state index in [-0.39, 0.29) is 5.41 Å². The summed E-state index contributed by atoms with van der Waals surface area (Å²) in [7, 11) is 0. The first-order chi connectivity index (χ1) is 7.21. The molecule has 0 saturated heterocycles. The van der Waals surface area contributed by atoms with Crippen LogP contribution in [0, 0.1) is 20.8 Å². The summed E-state index contributed by atoms with van der Waals surface area (Å²) in [5.74, 6) is 0.863. The fraction of sp³-hybridized carbons (Fsp3) is 0.571. The van der Waals surface area contributed by atoms with Crippen LogP contribution in [0.1, 0.15) is 48.6 Å². The highest BCUT2D eigenvalue weighted by molar-refractivity contribution is 6.17. The van der Waals surface area contributed by atoms with Crippen molar-refractivity contribution in [2.24, 2.45) is 0 Å². The predicted octanol–water partition coefficient (Wildman–Crippen LogP) is 4.35. The first-order valence-electron chi connectivity index (χ1n) is 5.59. The Labute approximate surface area is 103 Å². The number of aromatic hydroxyl groups is 1. The molecule has 1 aromatic carbocycles. The Morgan fingerprint density at radius 3 is 1.88 bits per heavy atom. The molecule has 0 unspecified atom stereocenters. The third-order valence-corrected chi connectivity index (χ3v) is 3.59. The summed E-state index contributed by atoms with van der Waals surface area (Å²) in [6.45, 7) is 12.4. The van der Waals surface area contributed by atoms with E-state index in [0.717, 1.165) is 22.3 Å². The van der Waals surface area contributed by atoms with Crippen LogP contribution in [0.3, 0.4) is 0 Å². The molecule has 0 aliphatic rings. The first-order valence-corrected chi connectivity index (χ1v) is 6.13. The molecule has 1 nitrogen and oxygen atoms in total. The molecule has 1 rings (SSSR count). The van der Waals surface area contributed by atoms with Crippen LogP contribution in [0.2, 0.25) is 0 Å². The van der Waals surface area contributed by atoms with E-state index in [1.165, 1.54) is 5.56 Å². The quantitative estimate of drug-likeness (QED) is 0.724. The maximum Gasteiger partial charge on any atom is 0.122 e. The molecule has 0 aromatic heterocycles. The number of rotatable bonds is 1. The molecule has 1 aromatic rings. The maximum atomic E-state index is 10.3. The van der Waals surface area contributed by atoms with Gasteiger partial charge in [0.15, 0.2) is 0 Å². The molecule has 0 atom stereocenters. The lowest BCUT2D eigenvalue weighted by Gasteiger charge is -2.27. The van der Waals surface area contributed by atoms with Crippen LogP contribution in [-0.4, -0.2) is 5.11 Å². The molecule has 90 valence electrons. The lowest BCUT2D eigenvalue weighted by molar-refractivity contribution is 0.440. The average molecular weight is 241 g/mol. The van der Waals surface area contributed by atoms with E-state index in [1.54, 1.807) is 0 Å². The van der Waals surface area contributed by atoms with Gasteiger partial charge in [0.05, 0.1) is 0 Å². The van der Waals surface area contributed by atoms with Crippen LogP contribution in [0.5, 0.6) is 5.75 Å². The normalized spacial score (nSPS) is 11.9. The summed E-state index contributed by atoms with van der Waals surface area (Å²) in [6.07, 6.45) is 0. The van der Waals surface area contributed by atoms with Crippen molar-refractivity contribution in [1.82, 2.24) is 0 Å². The van der Waals surface area contributed by atoms with E-state index >= 15 is 0 Å². The van der Waals surface area contributed by atoms with Crippen LogP contribution in [-0.2, 0) is 11.3 Å². The Morgan fingerprint density at radius 1 is 1.00 bits per heavy atom. The molecule has 0 aliphatic carbocycles. The minimum atomic E-state index is -0.0471. The fourth-order valence-corrected chi connectivity index (χ4v) is 2.72. The highest BCUT2D eigenvalue weighted by Crippen LogP contribution is 2.39. The Morgan fingerprint density at radius 2 is 1.50 bits per heavy atom. The van der Waals surface area contributed by atoms with Gasteiger partial charge in [-0.25, -0.2) is 0 Å². The van der Waals surface area contributed by atoms with Crippen LogP contribution in [0.15, 0.2) is 0 Å². The van der Waals surface area contributed by atoms with Crippen molar-refractivity contribution in [2.75, 3.05) is 0 Å². The van der Waals surface area contributed by atoms with Crippen LogP contribution < -0.4 is 0 Å². The van der Waals surface area contributed by atoms with Crippen molar-refractivity contribution in [1.29, 1.82) is 0 Å². The summed E-state index contributed by atoms with van der Waals surface area (Å²) < 4.78 is 0. The number of phenols is 1. The smallest absolute Gasteiger partial charge is 0.122 e. The van der Waals surface area contributed by atoms with Crippen LogP contribution in [0.25, 0.3) is 0 Å². The van der Waals surface area contributed by atoms with Crippen molar-refractivity contribution in [3.8, 4) is 5.75 Å². The van der Waals surface area contributed by atoms with Crippen LogP contribution >= 0.6 is 11.6 Å². The third kappa shape index (κ3) is 2.06. The van der Waals surface area contributed by atoms with E-state index in [4.69, 9.17) is 11.6 Å². The molecule has 0 fully saturated rings. The van der Waals surface area contributed by atoms with Crippen molar-refractivity contribution in [3.63, 3.8) is 0 Å². The molecule has 0 saturated carbocycles. The molecule has 0 heterocycles. The van der Waals surface area contributed by atoms with Gasteiger partial charge in [0.1, 0.15) is 5.75 Å². The SMILES string of the molecule is Cc1c(C)c(C(C)(C)C)c(O)c(C)c1CCl. The van der Waals surface area contributed by atoms with Crippen molar-refractivity contribution in [3.05, 3.63) is 27.8 Å². The molecule has 0 bridgehead atoms. The molecule has 16 heavy (non-hydrogen) atoms. The molecular formula is C14H21ClO. The monoisotopic (exact) mass is 240 g/mol. The Balaban J connectivity index is 3.67. The number of hydrogen-bond donors (Lipinski definition) is 1. The molecule has 1 N–H and O–H groups in total. The van der Waals surface area contributed by atoms with Gasteiger partial charge in [-0.15, -0.1) is 11.6 Å². The predicted molar refractivity (Wildman–Crippen MR) is 70.6 cm³/mol. The van der Waals surface area contributed by atoms with Gasteiger partial charge < -0.3 is 5.11 Å². The maximum absolute atomic E-state index is 10.3. The lowest BCUT2D eigenvalue weighted by Crippen LogP contribution is -2.16. The molecule has 0 radical (unpaired) electrons. The lowest BCUT2D eigenvalue weighted by atomic mass is 9.79. The average Bonchev–Trinajstić information content (AvgIpc) is 2.14. The minimum absolute atomic E-state index is 0.0471. The van der Waals surface area contributed by atoms with E-state index < -0.39 is 0 Å².